The van der Waals surface area contributed by atoms with Crippen molar-refractivity contribution in [1.82, 2.24) is 4.90 Å². The Morgan fingerprint density at radius 1 is 1.04 bits per heavy atom. The van der Waals surface area contributed by atoms with Crippen molar-refractivity contribution >= 4 is 11.9 Å². The van der Waals surface area contributed by atoms with Crippen LogP contribution in [0.15, 0.2) is 54.6 Å². The molecule has 1 N–H and O–H groups in total. The Hall–Kier alpha value is -2.82. The first kappa shape index (κ1) is 17.6. The van der Waals surface area contributed by atoms with Gasteiger partial charge in [0, 0.05) is 24.6 Å². The molecule has 0 unspecified atom stereocenters. The number of amides is 1. The number of hydrogen-bond donors (Lipinski definition) is 1. The van der Waals surface area contributed by atoms with Crippen LogP contribution >= 0.6 is 0 Å². The summed E-state index contributed by atoms with van der Waals surface area (Å²) in [6.07, 6.45) is 1.55. The number of para-hydroxylation sites is 1. The number of benzene rings is 2. The van der Waals surface area contributed by atoms with Crippen molar-refractivity contribution in [2.45, 2.75) is 24.2 Å². The van der Waals surface area contributed by atoms with E-state index in [0.717, 1.165) is 29.7 Å². The molecule has 2 atom stereocenters. The predicted octanol–water partition coefficient (Wildman–Crippen LogP) is 3.05. The second-order valence-electron chi connectivity index (χ2n) is 7.45. The largest absolute Gasteiger partial charge is 0.496 e. The fourth-order valence-corrected chi connectivity index (χ4v) is 4.32. The van der Waals surface area contributed by atoms with E-state index < -0.39 is 17.3 Å². The first-order valence-corrected chi connectivity index (χ1v) is 9.27. The molecule has 2 aromatic carbocycles. The number of ether oxygens (including phenoxy) is 1. The lowest BCUT2D eigenvalue weighted by Crippen LogP contribution is -2.38. The summed E-state index contributed by atoms with van der Waals surface area (Å²) in [7, 11) is 1.61. The molecule has 1 saturated carbocycles. The lowest BCUT2D eigenvalue weighted by atomic mass is 9.89. The zero-order valence-corrected chi connectivity index (χ0v) is 15.3. The molecule has 140 valence electrons. The minimum absolute atomic E-state index is 0.0247. The lowest BCUT2D eigenvalue weighted by Gasteiger charge is -2.25. The molecule has 2 aromatic rings. The van der Waals surface area contributed by atoms with Crippen molar-refractivity contribution in [3.63, 3.8) is 0 Å². The first-order chi connectivity index (χ1) is 13.1. The van der Waals surface area contributed by atoms with E-state index in [9.17, 15) is 14.7 Å². The third-order valence-corrected chi connectivity index (χ3v) is 5.93. The third-order valence-electron chi connectivity index (χ3n) is 5.93. The van der Waals surface area contributed by atoms with E-state index >= 15 is 0 Å². The van der Waals surface area contributed by atoms with Gasteiger partial charge in [-0.3, -0.25) is 9.59 Å². The Morgan fingerprint density at radius 2 is 1.70 bits per heavy atom. The number of carbonyl (C=O) groups excluding carboxylic acids is 1. The highest BCUT2D eigenvalue weighted by molar-refractivity contribution is 5.93. The summed E-state index contributed by atoms with van der Waals surface area (Å²) in [4.78, 5) is 27.0. The van der Waals surface area contributed by atoms with E-state index in [2.05, 4.69) is 0 Å². The molecule has 0 bridgehead atoms. The maximum Gasteiger partial charge on any atom is 0.308 e. The van der Waals surface area contributed by atoms with Gasteiger partial charge in [-0.2, -0.15) is 0 Å². The van der Waals surface area contributed by atoms with Gasteiger partial charge in [0.05, 0.1) is 18.4 Å². The number of aliphatic carboxylic acids is 1. The van der Waals surface area contributed by atoms with E-state index in [1.54, 1.807) is 12.0 Å². The summed E-state index contributed by atoms with van der Waals surface area (Å²) < 4.78 is 5.47. The van der Waals surface area contributed by atoms with Crippen LogP contribution in [0.25, 0.3) is 0 Å². The molecular formula is C22H23NO4. The number of hydrogen-bond acceptors (Lipinski definition) is 3. The zero-order chi connectivity index (χ0) is 19.0. The topological polar surface area (TPSA) is 66.8 Å². The Kier molecular flexibility index (Phi) is 4.38. The number of likely N-dealkylation sites (tertiary alicyclic amines) is 1. The highest BCUT2D eigenvalue weighted by Gasteiger charge is 2.56. The lowest BCUT2D eigenvalue weighted by molar-refractivity contribution is -0.142. The van der Waals surface area contributed by atoms with Gasteiger partial charge in [-0.1, -0.05) is 48.5 Å². The molecule has 1 aliphatic carbocycles. The van der Waals surface area contributed by atoms with Crippen molar-refractivity contribution < 1.29 is 19.4 Å². The molecule has 1 amide bonds. The van der Waals surface area contributed by atoms with E-state index in [1.807, 2.05) is 54.6 Å². The maximum atomic E-state index is 13.4. The minimum atomic E-state index is -0.846. The van der Waals surface area contributed by atoms with Crippen molar-refractivity contribution in [3.8, 4) is 5.75 Å². The Morgan fingerprint density at radius 3 is 2.33 bits per heavy atom. The Labute approximate surface area is 158 Å². The molecule has 0 radical (unpaired) electrons. The van der Waals surface area contributed by atoms with Crippen LogP contribution in [0, 0.1) is 5.92 Å². The van der Waals surface area contributed by atoms with Gasteiger partial charge < -0.3 is 14.7 Å². The fourth-order valence-electron chi connectivity index (χ4n) is 4.32. The molecule has 1 saturated heterocycles. The zero-order valence-electron chi connectivity index (χ0n) is 15.3. The summed E-state index contributed by atoms with van der Waals surface area (Å²) in [6, 6.07) is 17.3. The molecule has 5 nitrogen and oxygen atoms in total. The van der Waals surface area contributed by atoms with Gasteiger partial charge in [-0.25, -0.2) is 0 Å². The minimum Gasteiger partial charge on any atom is -0.496 e. The van der Waals surface area contributed by atoms with Gasteiger partial charge in [-0.15, -0.1) is 0 Å². The predicted molar refractivity (Wildman–Crippen MR) is 101 cm³/mol. The standard InChI is InChI=1S/C22H23NO4/c1-27-19-10-6-5-9-18(19)22(11-12-22)21(26)23-13-16(17(14-23)20(24)25)15-7-3-2-4-8-15/h2-10,16-17H,11-14H2,1H3,(H,24,25)/t16-,17-/m0/s1. The average Bonchev–Trinajstić information content (AvgIpc) is 3.39. The quantitative estimate of drug-likeness (QED) is 0.884. The molecule has 2 aliphatic rings. The van der Waals surface area contributed by atoms with Gasteiger partial charge in [0.25, 0.3) is 0 Å². The van der Waals surface area contributed by atoms with Crippen molar-refractivity contribution in [2.24, 2.45) is 5.92 Å². The number of nitrogens with zero attached hydrogens (tertiary/aromatic N) is 1. The molecule has 5 heteroatoms. The molecule has 4 rings (SSSR count). The smallest absolute Gasteiger partial charge is 0.308 e. The van der Waals surface area contributed by atoms with E-state index in [-0.39, 0.29) is 18.4 Å². The Bertz CT molecular complexity index is 860. The number of carboxylic acid groups (broad SMARTS) is 1. The summed E-state index contributed by atoms with van der Waals surface area (Å²) in [5, 5.41) is 9.70. The highest BCUT2D eigenvalue weighted by atomic mass is 16.5. The van der Waals surface area contributed by atoms with Crippen LogP contribution in [0.5, 0.6) is 5.75 Å². The average molecular weight is 365 g/mol. The summed E-state index contributed by atoms with van der Waals surface area (Å²) in [5.74, 6) is -0.860. The molecule has 27 heavy (non-hydrogen) atoms. The molecular weight excluding hydrogens is 342 g/mol. The van der Waals surface area contributed by atoms with Crippen LogP contribution < -0.4 is 4.74 Å². The maximum absolute atomic E-state index is 13.4. The number of methoxy groups -OCH3 is 1. The van der Waals surface area contributed by atoms with Gasteiger partial charge >= 0.3 is 5.97 Å². The third kappa shape index (κ3) is 2.97. The van der Waals surface area contributed by atoms with E-state index in [1.165, 1.54) is 0 Å². The monoisotopic (exact) mass is 365 g/mol. The summed E-state index contributed by atoms with van der Waals surface area (Å²) >= 11 is 0. The summed E-state index contributed by atoms with van der Waals surface area (Å²) in [5.41, 5.74) is 1.32. The van der Waals surface area contributed by atoms with Gasteiger partial charge in [0.1, 0.15) is 5.75 Å². The molecule has 0 spiro atoms. The van der Waals surface area contributed by atoms with Gasteiger partial charge in [0.2, 0.25) is 5.91 Å². The van der Waals surface area contributed by atoms with Crippen molar-refractivity contribution in [1.29, 1.82) is 0 Å². The van der Waals surface area contributed by atoms with Gasteiger partial charge in [0.15, 0.2) is 0 Å². The SMILES string of the molecule is COc1ccccc1C1(C(=O)N2C[C@H](C(=O)O)[C@H](c3ccccc3)C2)CC1. The van der Waals surface area contributed by atoms with Crippen LogP contribution in [-0.2, 0) is 15.0 Å². The van der Waals surface area contributed by atoms with Crippen LogP contribution in [-0.4, -0.2) is 42.1 Å². The number of carbonyl (C=O) groups is 2. The summed E-state index contributed by atoms with van der Waals surface area (Å²) in [6.45, 7) is 0.696. The second kappa shape index (κ2) is 6.72. The number of rotatable bonds is 5. The molecule has 0 aromatic heterocycles. The van der Waals surface area contributed by atoms with Crippen molar-refractivity contribution in [2.75, 3.05) is 20.2 Å². The van der Waals surface area contributed by atoms with E-state index in [4.69, 9.17) is 4.74 Å². The van der Waals surface area contributed by atoms with Crippen molar-refractivity contribution in [3.05, 3.63) is 65.7 Å². The molecule has 1 heterocycles. The number of carboxylic acids is 1. The van der Waals surface area contributed by atoms with Crippen LogP contribution in [0.2, 0.25) is 0 Å². The normalized spacial score (nSPS) is 23.1. The van der Waals surface area contributed by atoms with Crippen LogP contribution in [0.3, 0.4) is 0 Å². The fraction of sp³-hybridized carbons (Fsp3) is 0.364. The highest BCUT2D eigenvalue weighted by Crippen LogP contribution is 2.53. The van der Waals surface area contributed by atoms with E-state index in [0.29, 0.717) is 6.54 Å². The van der Waals surface area contributed by atoms with Crippen LogP contribution in [0.4, 0.5) is 0 Å². The second-order valence-corrected chi connectivity index (χ2v) is 7.45. The van der Waals surface area contributed by atoms with Gasteiger partial charge in [-0.05, 0) is 24.5 Å². The van der Waals surface area contributed by atoms with Crippen LogP contribution in [0.1, 0.15) is 29.9 Å². The molecule has 1 aliphatic heterocycles. The first-order valence-electron chi connectivity index (χ1n) is 9.27. The Balaban J connectivity index is 1.62. The molecule has 2 fully saturated rings.